The fourth-order valence-corrected chi connectivity index (χ4v) is 2.83. The van der Waals surface area contributed by atoms with Gasteiger partial charge in [-0.05, 0) is 17.8 Å². The zero-order chi connectivity index (χ0) is 13.4. The highest BCUT2D eigenvalue weighted by atomic mass is 127. The van der Waals surface area contributed by atoms with Crippen molar-refractivity contribution in [3.8, 4) is 9.85 Å². The molecule has 2 saturated heterocycles. The Morgan fingerprint density at radius 1 is 1.28 bits per heavy atom. The van der Waals surface area contributed by atoms with Crippen LogP contribution in [0, 0.1) is 9.85 Å². The number of rotatable bonds is 3. The molecular weight excluding hydrogens is 351 g/mol. The van der Waals surface area contributed by atoms with E-state index in [2.05, 4.69) is 9.85 Å². The van der Waals surface area contributed by atoms with Gasteiger partial charge in [0.15, 0.2) is 23.8 Å². The number of hydrogen-bond acceptors (Lipinski definition) is 5. The molecule has 0 saturated carbocycles. The quantitative estimate of drug-likeness (QED) is 0.555. The predicted molar refractivity (Wildman–Crippen MR) is 72.1 cm³/mol. The van der Waals surface area contributed by atoms with Crippen molar-refractivity contribution in [3.05, 3.63) is 0 Å². The van der Waals surface area contributed by atoms with Crippen molar-refractivity contribution in [2.45, 2.75) is 43.7 Å². The highest BCUT2D eigenvalue weighted by Crippen LogP contribution is 2.44. The van der Waals surface area contributed by atoms with Gasteiger partial charge in [0.05, 0.1) is 6.61 Å². The van der Waals surface area contributed by atoms with Gasteiger partial charge < -0.3 is 23.7 Å². The zero-order valence-corrected chi connectivity index (χ0v) is 13.0. The van der Waals surface area contributed by atoms with Crippen LogP contribution in [-0.4, -0.2) is 50.7 Å². The van der Waals surface area contributed by atoms with Crippen molar-refractivity contribution >= 4 is 22.6 Å². The SMILES string of the molecule is COC[C@H]1O[C@@H]2OC(C)(C)O[C@@H]2[C@@]1(C#CI)OC. The average molecular weight is 368 g/mol. The highest BCUT2D eigenvalue weighted by molar-refractivity contribution is 14.1. The van der Waals surface area contributed by atoms with Crippen LogP contribution in [0.1, 0.15) is 13.8 Å². The molecule has 0 aliphatic carbocycles. The highest BCUT2D eigenvalue weighted by Gasteiger charge is 2.64. The van der Waals surface area contributed by atoms with Gasteiger partial charge in [-0.15, -0.1) is 0 Å². The summed E-state index contributed by atoms with van der Waals surface area (Å²) in [6.07, 6.45) is -1.18. The maximum Gasteiger partial charge on any atom is 0.191 e. The van der Waals surface area contributed by atoms with Crippen molar-refractivity contribution in [3.63, 3.8) is 0 Å². The van der Waals surface area contributed by atoms with Crippen molar-refractivity contribution < 1.29 is 23.7 Å². The lowest BCUT2D eigenvalue weighted by atomic mass is 9.93. The standard InChI is InChI=1S/C12H17IO5/c1-11(2)17-9-10(18-11)16-8(7-14-3)12(9,15-4)5-6-13/h8-10H,7H2,1-4H3/t8-,9+,10-,12+/m1/s1. The number of hydrogen-bond donors (Lipinski definition) is 0. The summed E-state index contributed by atoms with van der Waals surface area (Å²) in [5.41, 5.74) is -0.852. The van der Waals surface area contributed by atoms with E-state index in [9.17, 15) is 0 Å². The lowest BCUT2D eigenvalue weighted by molar-refractivity contribution is -0.229. The van der Waals surface area contributed by atoms with E-state index in [-0.39, 0.29) is 12.2 Å². The molecule has 0 amide bonds. The number of fused-ring (bicyclic) bond motifs is 1. The van der Waals surface area contributed by atoms with Crippen LogP contribution in [0.5, 0.6) is 0 Å². The number of ether oxygens (including phenoxy) is 5. The molecule has 0 N–H and O–H groups in total. The minimum atomic E-state index is -0.852. The molecule has 0 spiro atoms. The fraction of sp³-hybridized carbons (Fsp3) is 0.833. The summed E-state index contributed by atoms with van der Waals surface area (Å²) in [4.78, 5) is 0. The second-order valence-corrected chi connectivity index (χ2v) is 5.26. The molecule has 5 nitrogen and oxygen atoms in total. The Morgan fingerprint density at radius 3 is 2.56 bits per heavy atom. The molecule has 2 heterocycles. The van der Waals surface area contributed by atoms with Crippen molar-refractivity contribution in [1.82, 2.24) is 0 Å². The molecule has 4 atom stereocenters. The normalized spacial score (nSPS) is 41.3. The van der Waals surface area contributed by atoms with Gasteiger partial charge in [0.2, 0.25) is 0 Å². The third-order valence-corrected chi connectivity index (χ3v) is 3.43. The third kappa shape index (κ3) is 2.28. The van der Waals surface area contributed by atoms with Crippen molar-refractivity contribution in [2.24, 2.45) is 0 Å². The summed E-state index contributed by atoms with van der Waals surface area (Å²) in [6.45, 7) is 4.06. The molecule has 102 valence electrons. The minimum Gasteiger partial charge on any atom is -0.382 e. The van der Waals surface area contributed by atoms with Gasteiger partial charge in [0.25, 0.3) is 0 Å². The molecule has 2 fully saturated rings. The van der Waals surface area contributed by atoms with E-state index in [1.54, 1.807) is 14.2 Å². The lowest BCUT2D eigenvalue weighted by Crippen LogP contribution is -2.51. The Balaban J connectivity index is 2.32. The molecule has 18 heavy (non-hydrogen) atoms. The molecular formula is C12H17IO5. The monoisotopic (exact) mass is 368 g/mol. The van der Waals surface area contributed by atoms with Crippen LogP contribution in [0.15, 0.2) is 0 Å². The average Bonchev–Trinajstić information content (AvgIpc) is 2.73. The maximum atomic E-state index is 5.88. The fourth-order valence-electron chi connectivity index (χ4n) is 2.40. The second-order valence-electron chi connectivity index (χ2n) is 4.72. The minimum absolute atomic E-state index is 0.333. The van der Waals surface area contributed by atoms with Gasteiger partial charge in [0.1, 0.15) is 6.10 Å². The van der Waals surface area contributed by atoms with Crippen LogP contribution >= 0.6 is 22.6 Å². The largest absolute Gasteiger partial charge is 0.382 e. The van der Waals surface area contributed by atoms with E-state index in [0.717, 1.165) is 0 Å². The van der Waals surface area contributed by atoms with E-state index in [0.29, 0.717) is 6.61 Å². The van der Waals surface area contributed by atoms with Crippen LogP contribution in [0.4, 0.5) is 0 Å². The Labute approximate surface area is 121 Å². The maximum absolute atomic E-state index is 5.88. The topological polar surface area (TPSA) is 46.2 Å². The molecule has 2 aliphatic rings. The first kappa shape index (κ1) is 14.5. The summed E-state index contributed by atoms with van der Waals surface area (Å²) < 4.78 is 31.0. The van der Waals surface area contributed by atoms with Crippen LogP contribution in [-0.2, 0) is 23.7 Å². The molecule has 6 heteroatoms. The lowest BCUT2D eigenvalue weighted by Gasteiger charge is -2.32. The number of methoxy groups -OCH3 is 2. The van der Waals surface area contributed by atoms with E-state index in [4.69, 9.17) is 23.7 Å². The van der Waals surface area contributed by atoms with Gasteiger partial charge in [-0.2, -0.15) is 0 Å². The summed E-state index contributed by atoms with van der Waals surface area (Å²) >= 11 is 1.98. The summed E-state index contributed by atoms with van der Waals surface area (Å²) in [5, 5.41) is 0. The third-order valence-electron chi connectivity index (χ3n) is 3.16. The Kier molecular flexibility index (Phi) is 4.21. The van der Waals surface area contributed by atoms with Gasteiger partial charge in [0, 0.05) is 36.8 Å². The van der Waals surface area contributed by atoms with Crippen LogP contribution in [0.25, 0.3) is 0 Å². The van der Waals surface area contributed by atoms with E-state index >= 15 is 0 Å². The Bertz CT molecular complexity index is 374. The Morgan fingerprint density at radius 2 is 2.00 bits per heavy atom. The zero-order valence-electron chi connectivity index (χ0n) is 10.9. The summed E-state index contributed by atoms with van der Waals surface area (Å²) in [5.74, 6) is 2.37. The molecule has 0 aromatic rings. The van der Waals surface area contributed by atoms with Crippen molar-refractivity contribution in [1.29, 1.82) is 0 Å². The first-order valence-corrected chi connectivity index (χ1v) is 6.75. The van der Waals surface area contributed by atoms with E-state index < -0.39 is 17.7 Å². The first-order valence-electron chi connectivity index (χ1n) is 5.67. The number of halogens is 1. The molecule has 0 aromatic carbocycles. The summed E-state index contributed by atoms with van der Waals surface area (Å²) in [7, 11) is 3.21. The summed E-state index contributed by atoms with van der Waals surface area (Å²) in [6, 6.07) is 0. The van der Waals surface area contributed by atoms with E-state index in [1.165, 1.54) is 0 Å². The first-order chi connectivity index (χ1) is 8.49. The van der Waals surface area contributed by atoms with Gasteiger partial charge in [-0.3, -0.25) is 0 Å². The smallest absolute Gasteiger partial charge is 0.191 e. The van der Waals surface area contributed by atoms with Crippen molar-refractivity contribution in [2.75, 3.05) is 20.8 Å². The molecule has 0 bridgehead atoms. The van der Waals surface area contributed by atoms with E-state index in [1.807, 2.05) is 36.4 Å². The van der Waals surface area contributed by atoms with Crippen LogP contribution in [0.3, 0.4) is 0 Å². The molecule has 0 radical (unpaired) electrons. The Hall–Kier alpha value is 0.0900. The van der Waals surface area contributed by atoms with Crippen LogP contribution < -0.4 is 0 Å². The molecule has 2 rings (SSSR count). The van der Waals surface area contributed by atoms with Gasteiger partial charge >= 0.3 is 0 Å². The van der Waals surface area contributed by atoms with Gasteiger partial charge in [-0.1, -0.05) is 5.92 Å². The molecule has 0 unspecified atom stereocenters. The van der Waals surface area contributed by atoms with Crippen LogP contribution in [0.2, 0.25) is 0 Å². The molecule has 0 aromatic heterocycles. The van der Waals surface area contributed by atoms with Gasteiger partial charge in [-0.25, -0.2) is 0 Å². The molecule has 2 aliphatic heterocycles. The second kappa shape index (κ2) is 5.23. The predicted octanol–water partition coefficient (Wildman–Crippen LogP) is 1.29.